The molecular formula is C24H33N5O2S. The van der Waals surface area contributed by atoms with Gasteiger partial charge in [-0.1, -0.05) is 38.3 Å². The summed E-state index contributed by atoms with van der Waals surface area (Å²) in [4.78, 5) is 32.6. The Kier molecular flexibility index (Phi) is 7.76. The molecule has 2 aromatic rings. The predicted octanol–water partition coefficient (Wildman–Crippen LogP) is 4.55. The molecule has 1 fully saturated rings. The molecule has 2 heterocycles. The van der Waals surface area contributed by atoms with E-state index in [0.29, 0.717) is 18.2 Å². The van der Waals surface area contributed by atoms with Crippen molar-refractivity contribution in [2.75, 3.05) is 23.7 Å². The standard InChI is InChI=1S/C24H33N5O2S/c1-2-3-6-17-9-11-19(12-10-17)25-22(30)16-29-14-13-20-21(15-29)32-24(27-20)28-23(31)26-18-7-4-5-8-18/h9-12,18H,2-8,13-16H2,1H3,(H,25,30)(H2,26,27,28,31). The number of urea groups is 1. The zero-order valence-corrected chi connectivity index (χ0v) is 19.6. The van der Waals surface area contributed by atoms with Crippen LogP contribution >= 0.6 is 11.3 Å². The van der Waals surface area contributed by atoms with Gasteiger partial charge in [0, 0.05) is 36.1 Å². The van der Waals surface area contributed by atoms with Gasteiger partial charge in [-0.15, -0.1) is 11.3 Å². The Labute approximate surface area is 194 Å². The van der Waals surface area contributed by atoms with Crippen LogP contribution in [-0.2, 0) is 24.2 Å². The van der Waals surface area contributed by atoms with Crippen LogP contribution in [-0.4, -0.2) is 41.0 Å². The zero-order chi connectivity index (χ0) is 22.3. The molecule has 1 aromatic heterocycles. The Morgan fingerprint density at radius 1 is 1.16 bits per heavy atom. The van der Waals surface area contributed by atoms with E-state index in [2.05, 4.69) is 44.9 Å². The molecule has 32 heavy (non-hydrogen) atoms. The van der Waals surface area contributed by atoms with Crippen molar-refractivity contribution in [2.24, 2.45) is 0 Å². The molecule has 2 aliphatic rings. The highest BCUT2D eigenvalue weighted by Crippen LogP contribution is 2.28. The van der Waals surface area contributed by atoms with Crippen LogP contribution < -0.4 is 16.0 Å². The second kappa shape index (κ2) is 10.9. The summed E-state index contributed by atoms with van der Waals surface area (Å²) in [6, 6.07) is 8.26. The molecule has 8 heteroatoms. The molecule has 0 bridgehead atoms. The number of nitrogens with zero attached hydrogens (tertiary/aromatic N) is 2. The first-order chi connectivity index (χ1) is 15.6. The third kappa shape index (κ3) is 6.29. The first-order valence-corrected chi connectivity index (χ1v) is 12.6. The molecule has 7 nitrogen and oxygen atoms in total. The van der Waals surface area contributed by atoms with Gasteiger partial charge in [-0.2, -0.15) is 0 Å². The van der Waals surface area contributed by atoms with Crippen molar-refractivity contribution < 1.29 is 9.59 Å². The maximum atomic E-state index is 12.5. The fourth-order valence-electron chi connectivity index (χ4n) is 4.36. The van der Waals surface area contributed by atoms with Gasteiger partial charge in [0.25, 0.3) is 0 Å². The van der Waals surface area contributed by atoms with E-state index in [1.54, 1.807) is 0 Å². The third-order valence-corrected chi connectivity index (χ3v) is 7.14. The van der Waals surface area contributed by atoms with Crippen molar-refractivity contribution in [2.45, 2.75) is 70.9 Å². The van der Waals surface area contributed by atoms with Crippen molar-refractivity contribution in [3.8, 4) is 0 Å². The van der Waals surface area contributed by atoms with Crippen LogP contribution in [0.15, 0.2) is 24.3 Å². The summed E-state index contributed by atoms with van der Waals surface area (Å²) in [6.07, 6.45) is 8.72. The number of carbonyl (C=O) groups is 2. The number of fused-ring (bicyclic) bond motifs is 1. The predicted molar refractivity (Wildman–Crippen MR) is 129 cm³/mol. The summed E-state index contributed by atoms with van der Waals surface area (Å²) in [5, 5.41) is 9.57. The minimum absolute atomic E-state index is 0.00596. The van der Waals surface area contributed by atoms with E-state index < -0.39 is 0 Å². The maximum Gasteiger partial charge on any atom is 0.321 e. The number of thiazole rings is 1. The Morgan fingerprint density at radius 2 is 1.94 bits per heavy atom. The Bertz CT molecular complexity index is 921. The van der Waals surface area contributed by atoms with Gasteiger partial charge in [-0.3, -0.25) is 15.0 Å². The van der Waals surface area contributed by atoms with Crippen molar-refractivity contribution in [1.29, 1.82) is 0 Å². The average molecular weight is 456 g/mol. The van der Waals surface area contributed by atoms with Crippen molar-refractivity contribution in [3.05, 3.63) is 40.4 Å². The third-order valence-electron chi connectivity index (χ3n) is 6.15. The lowest BCUT2D eigenvalue weighted by Crippen LogP contribution is -2.36. The van der Waals surface area contributed by atoms with Gasteiger partial charge < -0.3 is 10.6 Å². The molecule has 172 valence electrons. The topological polar surface area (TPSA) is 86.4 Å². The summed E-state index contributed by atoms with van der Waals surface area (Å²) < 4.78 is 0. The van der Waals surface area contributed by atoms with Gasteiger partial charge >= 0.3 is 6.03 Å². The van der Waals surface area contributed by atoms with E-state index in [0.717, 1.165) is 48.5 Å². The number of rotatable bonds is 8. The van der Waals surface area contributed by atoms with Gasteiger partial charge in [-0.25, -0.2) is 9.78 Å². The molecule has 3 N–H and O–H groups in total. The van der Waals surface area contributed by atoms with Gasteiger partial charge in [0.15, 0.2) is 5.13 Å². The minimum atomic E-state index is -0.167. The molecule has 0 unspecified atom stereocenters. The number of benzene rings is 1. The number of aromatic nitrogens is 1. The normalized spacial score (nSPS) is 16.5. The number of nitrogens with one attached hydrogen (secondary N) is 3. The van der Waals surface area contributed by atoms with Crippen molar-refractivity contribution in [3.63, 3.8) is 0 Å². The van der Waals surface area contributed by atoms with E-state index in [1.165, 1.54) is 42.6 Å². The quantitative estimate of drug-likeness (QED) is 0.545. The molecule has 0 saturated heterocycles. The van der Waals surface area contributed by atoms with E-state index in [-0.39, 0.29) is 18.0 Å². The Balaban J connectivity index is 1.25. The lowest BCUT2D eigenvalue weighted by Gasteiger charge is -2.25. The lowest BCUT2D eigenvalue weighted by molar-refractivity contribution is -0.117. The number of carbonyl (C=O) groups excluding carboxylic acids is 2. The van der Waals surface area contributed by atoms with E-state index >= 15 is 0 Å². The fourth-order valence-corrected chi connectivity index (χ4v) is 5.41. The highest BCUT2D eigenvalue weighted by atomic mass is 32.1. The van der Waals surface area contributed by atoms with E-state index in [9.17, 15) is 9.59 Å². The summed E-state index contributed by atoms with van der Waals surface area (Å²) in [6.45, 7) is 4.01. The Hall–Kier alpha value is -2.45. The van der Waals surface area contributed by atoms with Crippen LogP contribution in [0.25, 0.3) is 0 Å². The summed E-state index contributed by atoms with van der Waals surface area (Å²) in [7, 11) is 0. The molecule has 0 atom stereocenters. The average Bonchev–Trinajstić information content (AvgIpc) is 3.42. The molecular weight excluding hydrogens is 422 g/mol. The number of unbranched alkanes of at least 4 members (excludes halogenated alkanes) is 1. The summed E-state index contributed by atoms with van der Waals surface area (Å²) >= 11 is 1.51. The van der Waals surface area contributed by atoms with Crippen LogP contribution in [0.5, 0.6) is 0 Å². The van der Waals surface area contributed by atoms with Gasteiger partial charge in [0.05, 0.1) is 12.2 Å². The summed E-state index contributed by atoms with van der Waals surface area (Å²) in [5.41, 5.74) is 3.18. The van der Waals surface area contributed by atoms with Gasteiger partial charge in [0.1, 0.15) is 0 Å². The molecule has 4 rings (SSSR count). The second-order valence-corrected chi connectivity index (χ2v) is 9.86. The zero-order valence-electron chi connectivity index (χ0n) is 18.8. The molecule has 1 aromatic carbocycles. The first kappa shape index (κ1) is 22.7. The fraction of sp³-hybridized carbons (Fsp3) is 0.542. The van der Waals surface area contributed by atoms with Gasteiger partial charge in [-0.05, 0) is 43.4 Å². The molecule has 1 saturated carbocycles. The highest BCUT2D eigenvalue weighted by molar-refractivity contribution is 7.15. The lowest BCUT2D eigenvalue weighted by atomic mass is 10.1. The largest absolute Gasteiger partial charge is 0.335 e. The van der Waals surface area contributed by atoms with Crippen LogP contribution in [0.1, 0.15) is 61.6 Å². The second-order valence-electron chi connectivity index (χ2n) is 8.78. The number of hydrogen-bond acceptors (Lipinski definition) is 5. The molecule has 1 aliphatic heterocycles. The number of anilines is 2. The molecule has 0 radical (unpaired) electrons. The number of hydrogen-bond donors (Lipinski definition) is 3. The van der Waals surface area contributed by atoms with Crippen LogP contribution in [0, 0.1) is 0 Å². The first-order valence-electron chi connectivity index (χ1n) is 11.8. The molecule has 1 aliphatic carbocycles. The maximum absolute atomic E-state index is 12.5. The molecule has 0 spiro atoms. The van der Waals surface area contributed by atoms with Crippen LogP contribution in [0.4, 0.5) is 15.6 Å². The van der Waals surface area contributed by atoms with Crippen molar-refractivity contribution in [1.82, 2.24) is 15.2 Å². The smallest absolute Gasteiger partial charge is 0.321 e. The van der Waals surface area contributed by atoms with Crippen LogP contribution in [0.3, 0.4) is 0 Å². The summed E-state index contributed by atoms with van der Waals surface area (Å²) in [5.74, 6) is -0.00596. The number of amides is 3. The van der Waals surface area contributed by atoms with Crippen LogP contribution in [0.2, 0.25) is 0 Å². The minimum Gasteiger partial charge on any atom is -0.335 e. The SMILES string of the molecule is CCCCc1ccc(NC(=O)CN2CCc3nc(NC(=O)NC4CCCC4)sc3C2)cc1. The number of aryl methyl sites for hydroxylation is 1. The molecule has 3 amide bonds. The monoisotopic (exact) mass is 455 g/mol. The Morgan fingerprint density at radius 3 is 2.69 bits per heavy atom. The van der Waals surface area contributed by atoms with Gasteiger partial charge in [0.2, 0.25) is 5.91 Å². The van der Waals surface area contributed by atoms with E-state index in [4.69, 9.17) is 0 Å². The van der Waals surface area contributed by atoms with E-state index in [1.807, 2.05) is 12.1 Å². The highest BCUT2D eigenvalue weighted by Gasteiger charge is 2.23. The van der Waals surface area contributed by atoms with Crippen molar-refractivity contribution >= 4 is 34.1 Å².